The topological polar surface area (TPSA) is 75.9 Å². The molecule has 3 aromatic rings. The van der Waals surface area contributed by atoms with Crippen molar-refractivity contribution in [3.8, 4) is 5.75 Å². The van der Waals surface area contributed by atoms with Crippen LogP contribution in [0.5, 0.6) is 5.75 Å². The first kappa shape index (κ1) is 18.0. The van der Waals surface area contributed by atoms with Crippen LogP contribution in [0.2, 0.25) is 0 Å². The third kappa shape index (κ3) is 2.89. The van der Waals surface area contributed by atoms with Crippen molar-refractivity contribution in [2.24, 2.45) is 0 Å². The Hall–Kier alpha value is -3.35. The number of rotatable bonds is 2. The van der Waals surface area contributed by atoms with Gasteiger partial charge >= 0.3 is 0 Å². The number of likely N-dealkylation sites (N-methyl/N-ethyl adjacent to an activating group) is 1. The van der Waals surface area contributed by atoms with Gasteiger partial charge < -0.3 is 19.4 Å². The highest BCUT2D eigenvalue weighted by atomic mass is 16.5. The molecule has 144 valence electrons. The maximum Gasteiger partial charge on any atom is 0.276 e. The van der Waals surface area contributed by atoms with Crippen molar-refractivity contribution in [2.45, 2.75) is 26.2 Å². The van der Waals surface area contributed by atoms with Gasteiger partial charge in [0, 0.05) is 18.7 Å². The number of nitrogens with zero attached hydrogens (tertiary/aromatic N) is 3. The minimum absolute atomic E-state index is 0.0576. The molecule has 0 bridgehead atoms. The Kier molecular flexibility index (Phi) is 4.10. The van der Waals surface area contributed by atoms with Gasteiger partial charge in [0.15, 0.2) is 18.1 Å². The molecule has 28 heavy (non-hydrogen) atoms. The van der Waals surface area contributed by atoms with Crippen LogP contribution in [0, 0.1) is 0 Å². The summed E-state index contributed by atoms with van der Waals surface area (Å²) in [5.74, 6) is 0.837. The number of hydrogen-bond acceptors (Lipinski definition) is 4. The Bertz CT molecular complexity index is 1090. The van der Waals surface area contributed by atoms with Crippen molar-refractivity contribution >= 4 is 28.7 Å². The van der Waals surface area contributed by atoms with Crippen LogP contribution >= 0.6 is 0 Å². The third-order valence-corrected chi connectivity index (χ3v) is 4.75. The first-order valence-electron chi connectivity index (χ1n) is 9.08. The molecule has 0 fully saturated rings. The van der Waals surface area contributed by atoms with Crippen LogP contribution in [0.3, 0.4) is 0 Å². The predicted octanol–water partition coefficient (Wildman–Crippen LogP) is 3.24. The number of anilines is 2. The smallest absolute Gasteiger partial charge is 0.276 e. The molecular weight excluding hydrogens is 356 g/mol. The van der Waals surface area contributed by atoms with E-state index in [1.54, 1.807) is 25.2 Å². The Morgan fingerprint density at radius 1 is 1.18 bits per heavy atom. The molecule has 0 aliphatic carbocycles. The normalized spacial score (nSPS) is 14.0. The van der Waals surface area contributed by atoms with Gasteiger partial charge in [0.1, 0.15) is 5.82 Å². The highest BCUT2D eigenvalue weighted by Gasteiger charge is 2.28. The molecule has 2 aromatic heterocycles. The number of para-hydroxylation sites is 1. The first-order valence-corrected chi connectivity index (χ1v) is 9.08. The van der Waals surface area contributed by atoms with Gasteiger partial charge in [-0.2, -0.15) is 0 Å². The van der Waals surface area contributed by atoms with E-state index in [0.29, 0.717) is 22.8 Å². The lowest BCUT2D eigenvalue weighted by atomic mass is 9.96. The number of fused-ring (bicyclic) bond motifs is 2. The van der Waals surface area contributed by atoms with Crippen molar-refractivity contribution < 1.29 is 14.3 Å². The van der Waals surface area contributed by atoms with E-state index < -0.39 is 0 Å². The summed E-state index contributed by atoms with van der Waals surface area (Å²) in [6.07, 6.45) is 1.91. The molecule has 1 aromatic carbocycles. The van der Waals surface area contributed by atoms with Crippen molar-refractivity contribution in [3.63, 3.8) is 0 Å². The minimum Gasteiger partial charge on any atom is -0.479 e. The number of amides is 2. The van der Waals surface area contributed by atoms with Gasteiger partial charge in [-0.1, -0.05) is 32.9 Å². The predicted molar refractivity (Wildman–Crippen MR) is 107 cm³/mol. The lowest BCUT2D eigenvalue weighted by molar-refractivity contribution is -0.120. The fourth-order valence-corrected chi connectivity index (χ4v) is 3.32. The lowest BCUT2D eigenvalue weighted by Crippen LogP contribution is -2.35. The van der Waals surface area contributed by atoms with E-state index in [4.69, 9.17) is 4.74 Å². The Morgan fingerprint density at radius 2 is 1.96 bits per heavy atom. The van der Waals surface area contributed by atoms with Gasteiger partial charge in [-0.3, -0.25) is 9.59 Å². The van der Waals surface area contributed by atoms with E-state index in [9.17, 15) is 9.59 Å². The van der Waals surface area contributed by atoms with Gasteiger partial charge in [-0.05, 0) is 24.3 Å². The molecular formula is C21H22N4O3. The number of carbonyl (C=O) groups is 2. The van der Waals surface area contributed by atoms with E-state index in [-0.39, 0.29) is 23.8 Å². The zero-order chi connectivity index (χ0) is 20.1. The van der Waals surface area contributed by atoms with Crippen molar-refractivity contribution in [3.05, 3.63) is 54.1 Å². The number of imidazole rings is 1. The van der Waals surface area contributed by atoms with Crippen LogP contribution in [-0.2, 0) is 10.2 Å². The fourth-order valence-electron chi connectivity index (χ4n) is 3.32. The molecule has 0 unspecified atom stereocenters. The number of benzene rings is 1. The van der Waals surface area contributed by atoms with Crippen LogP contribution in [0.4, 0.5) is 11.4 Å². The molecule has 0 radical (unpaired) electrons. The average molecular weight is 378 g/mol. The molecule has 1 aliphatic heterocycles. The van der Waals surface area contributed by atoms with E-state index in [1.807, 2.05) is 28.8 Å². The monoisotopic (exact) mass is 378 g/mol. The van der Waals surface area contributed by atoms with E-state index in [0.717, 1.165) is 11.3 Å². The number of nitrogens with one attached hydrogen (secondary N) is 1. The summed E-state index contributed by atoms with van der Waals surface area (Å²) in [4.78, 5) is 31.1. The molecule has 0 saturated carbocycles. The molecule has 7 nitrogen and oxygen atoms in total. The molecule has 1 aliphatic rings. The summed E-state index contributed by atoms with van der Waals surface area (Å²) < 4.78 is 7.53. The maximum atomic E-state index is 13.1. The largest absolute Gasteiger partial charge is 0.479 e. The highest BCUT2D eigenvalue weighted by Crippen LogP contribution is 2.38. The Balaban J connectivity index is 1.74. The molecule has 0 atom stereocenters. The SMILES string of the molecule is CN1C(=O)COc2c(NC(=O)c3nc(C(C)(C)C)n4ccccc34)cccc21. The number of aromatic nitrogens is 2. The molecule has 0 spiro atoms. The Labute approximate surface area is 162 Å². The van der Waals surface area contributed by atoms with E-state index in [1.165, 1.54) is 4.90 Å². The van der Waals surface area contributed by atoms with Crippen LogP contribution < -0.4 is 15.0 Å². The standard InChI is InChI=1S/C21H22N4O3/c1-21(2,3)20-23-17(14-9-5-6-11-25(14)20)19(27)22-13-8-7-10-15-18(13)28-12-16(26)24(15)4/h5-11H,12H2,1-4H3,(H,22,27). The van der Waals surface area contributed by atoms with Gasteiger partial charge in [0.25, 0.3) is 11.8 Å². The maximum absolute atomic E-state index is 13.1. The van der Waals surface area contributed by atoms with Crippen LogP contribution in [0.15, 0.2) is 42.6 Å². The second-order valence-electron chi connectivity index (χ2n) is 7.84. The number of pyridine rings is 1. The van der Waals surface area contributed by atoms with Gasteiger partial charge in [-0.15, -0.1) is 0 Å². The number of carbonyl (C=O) groups excluding carboxylic acids is 2. The van der Waals surface area contributed by atoms with Gasteiger partial charge in [0.05, 0.1) is 16.9 Å². The zero-order valence-electron chi connectivity index (χ0n) is 16.3. The molecule has 3 heterocycles. The summed E-state index contributed by atoms with van der Waals surface area (Å²) in [5.41, 5.74) is 2.00. The summed E-state index contributed by atoms with van der Waals surface area (Å²) in [5, 5.41) is 2.90. The minimum atomic E-state index is -0.323. The zero-order valence-corrected chi connectivity index (χ0v) is 16.3. The summed E-state index contributed by atoms with van der Waals surface area (Å²) in [6, 6.07) is 11.0. The fraction of sp³-hybridized carbons (Fsp3) is 0.286. The van der Waals surface area contributed by atoms with Crippen molar-refractivity contribution in [1.82, 2.24) is 9.38 Å². The van der Waals surface area contributed by atoms with Crippen LogP contribution in [-0.4, -0.2) is 34.9 Å². The van der Waals surface area contributed by atoms with Gasteiger partial charge in [-0.25, -0.2) is 4.98 Å². The average Bonchev–Trinajstić information content (AvgIpc) is 3.05. The quantitative estimate of drug-likeness (QED) is 0.743. The highest BCUT2D eigenvalue weighted by molar-refractivity contribution is 6.09. The first-order chi connectivity index (χ1) is 13.3. The Morgan fingerprint density at radius 3 is 2.71 bits per heavy atom. The third-order valence-electron chi connectivity index (χ3n) is 4.75. The van der Waals surface area contributed by atoms with Crippen LogP contribution in [0.25, 0.3) is 5.52 Å². The second kappa shape index (κ2) is 6.37. The van der Waals surface area contributed by atoms with Crippen LogP contribution in [0.1, 0.15) is 37.1 Å². The summed E-state index contributed by atoms with van der Waals surface area (Å²) in [6.45, 7) is 6.12. The summed E-state index contributed by atoms with van der Waals surface area (Å²) in [7, 11) is 1.69. The second-order valence-corrected chi connectivity index (χ2v) is 7.84. The van der Waals surface area contributed by atoms with E-state index >= 15 is 0 Å². The van der Waals surface area contributed by atoms with E-state index in [2.05, 4.69) is 31.1 Å². The lowest BCUT2D eigenvalue weighted by Gasteiger charge is -2.27. The summed E-state index contributed by atoms with van der Waals surface area (Å²) >= 11 is 0. The van der Waals surface area contributed by atoms with Gasteiger partial charge in [0.2, 0.25) is 0 Å². The molecule has 1 N–H and O–H groups in total. The number of hydrogen-bond donors (Lipinski definition) is 1. The molecule has 2 amide bonds. The number of ether oxygens (including phenoxy) is 1. The van der Waals surface area contributed by atoms with Crippen molar-refractivity contribution in [2.75, 3.05) is 23.9 Å². The molecule has 4 rings (SSSR count). The molecule has 7 heteroatoms. The molecule has 0 saturated heterocycles. The van der Waals surface area contributed by atoms with Crippen molar-refractivity contribution in [1.29, 1.82) is 0 Å².